The number of nitrogen functional groups attached to an aromatic ring is 1. The Morgan fingerprint density at radius 1 is 1.47 bits per heavy atom. The summed E-state index contributed by atoms with van der Waals surface area (Å²) in [6.07, 6.45) is 8.42. The van der Waals surface area contributed by atoms with E-state index < -0.39 is 0 Å². The van der Waals surface area contributed by atoms with Crippen molar-refractivity contribution >= 4 is 23.3 Å². The molecule has 1 aliphatic rings. The van der Waals surface area contributed by atoms with Crippen molar-refractivity contribution in [3.63, 3.8) is 0 Å². The normalized spacial score (nSPS) is 16.7. The summed E-state index contributed by atoms with van der Waals surface area (Å²) in [5.41, 5.74) is 6.54. The summed E-state index contributed by atoms with van der Waals surface area (Å²) >= 11 is 1.92. The molecule has 1 aromatic heterocycles. The molecule has 0 atom stereocenters. The highest BCUT2D eigenvalue weighted by Crippen LogP contribution is 2.43. The average Bonchev–Trinajstić information content (AvgIpc) is 2.38. The highest BCUT2D eigenvalue weighted by Gasteiger charge is 2.36. The van der Waals surface area contributed by atoms with Gasteiger partial charge < -0.3 is 15.8 Å². The number of aromatic nitrogens is 2. The van der Waals surface area contributed by atoms with Crippen LogP contribution < -0.4 is 15.8 Å². The number of nitrogens with two attached hydrogens (primary N) is 1. The Morgan fingerprint density at radius 2 is 2.26 bits per heavy atom. The van der Waals surface area contributed by atoms with E-state index in [1.807, 2.05) is 11.8 Å². The number of nitrogens with zero attached hydrogens (tertiary/aromatic N) is 2. The number of hydrogen-bond acceptors (Lipinski definition) is 6. The van der Waals surface area contributed by atoms with Crippen LogP contribution in [0.4, 0.5) is 11.5 Å². The molecule has 5 nitrogen and oxygen atoms in total. The van der Waals surface area contributed by atoms with Crippen LogP contribution >= 0.6 is 11.8 Å². The van der Waals surface area contributed by atoms with Gasteiger partial charge >= 0.3 is 0 Å². The van der Waals surface area contributed by atoms with E-state index in [1.54, 1.807) is 0 Å². The molecule has 1 heterocycles. The van der Waals surface area contributed by atoms with Crippen LogP contribution in [0.2, 0.25) is 0 Å². The van der Waals surface area contributed by atoms with E-state index >= 15 is 0 Å². The zero-order valence-electron chi connectivity index (χ0n) is 11.6. The quantitative estimate of drug-likeness (QED) is 0.800. The summed E-state index contributed by atoms with van der Waals surface area (Å²) < 4.78 is 5.85. The third-order valence-electron chi connectivity index (χ3n) is 3.57. The van der Waals surface area contributed by atoms with Gasteiger partial charge in [0.15, 0.2) is 5.82 Å². The molecule has 6 heteroatoms. The molecular formula is C13H22N4OS. The van der Waals surface area contributed by atoms with Crippen molar-refractivity contribution in [1.29, 1.82) is 0 Å². The predicted molar refractivity (Wildman–Crippen MR) is 80.8 cm³/mol. The molecule has 0 bridgehead atoms. The molecule has 1 saturated carbocycles. The van der Waals surface area contributed by atoms with E-state index in [-0.39, 0.29) is 0 Å². The summed E-state index contributed by atoms with van der Waals surface area (Å²) in [5, 5.41) is 3.35. The summed E-state index contributed by atoms with van der Waals surface area (Å²) in [4.78, 5) is 8.28. The lowest BCUT2D eigenvalue weighted by Gasteiger charge is -2.40. The predicted octanol–water partition coefficient (Wildman–Crippen LogP) is 2.55. The van der Waals surface area contributed by atoms with Gasteiger partial charge in [-0.05, 0) is 25.5 Å². The highest BCUT2D eigenvalue weighted by molar-refractivity contribution is 8.00. The SMILES string of the molecule is CCCOc1ncnc(NCC2(SC)CCC2)c1N. The van der Waals surface area contributed by atoms with Gasteiger partial charge in [0.25, 0.3) is 0 Å². The van der Waals surface area contributed by atoms with Crippen molar-refractivity contribution in [3.8, 4) is 5.88 Å². The average molecular weight is 282 g/mol. The first-order chi connectivity index (χ1) is 9.21. The zero-order valence-corrected chi connectivity index (χ0v) is 12.4. The second-order valence-corrected chi connectivity index (χ2v) is 6.16. The number of ether oxygens (including phenoxy) is 1. The number of rotatable bonds is 7. The third-order valence-corrected chi connectivity index (χ3v) is 4.98. The monoisotopic (exact) mass is 282 g/mol. The summed E-state index contributed by atoms with van der Waals surface area (Å²) in [5.74, 6) is 1.16. The molecule has 19 heavy (non-hydrogen) atoms. The van der Waals surface area contributed by atoms with Crippen LogP contribution in [0.5, 0.6) is 5.88 Å². The van der Waals surface area contributed by atoms with Crippen molar-refractivity contribution < 1.29 is 4.74 Å². The molecule has 0 amide bonds. The van der Waals surface area contributed by atoms with Crippen LogP contribution in [0.1, 0.15) is 32.6 Å². The maximum absolute atomic E-state index is 6.04. The molecule has 1 fully saturated rings. The van der Waals surface area contributed by atoms with Crippen molar-refractivity contribution in [1.82, 2.24) is 9.97 Å². The Hall–Kier alpha value is -1.17. The molecule has 1 aliphatic carbocycles. The zero-order chi connectivity index (χ0) is 13.7. The number of anilines is 2. The number of thioether (sulfide) groups is 1. The van der Waals surface area contributed by atoms with E-state index in [9.17, 15) is 0 Å². The lowest BCUT2D eigenvalue weighted by atomic mass is 9.84. The second kappa shape index (κ2) is 6.32. The van der Waals surface area contributed by atoms with Gasteiger partial charge in [-0.1, -0.05) is 13.3 Å². The van der Waals surface area contributed by atoms with E-state index in [4.69, 9.17) is 10.5 Å². The van der Waals surface area contributed by atoms with Crippen LogP contribution in [-0.2, 0) is 0 Å². The molecular weight excluding hydrogens is 260 g/mol. The standard InChI is InChI=1S/C13H22N4OS/c1-3-7-18-12-10(14)11(16-9-17-12)15-8-13(19-2)5-4-6-13/h9H,3-8,14H2,1-2H3,(H,15,16,17). The van der Waals surface area contributed by atoms with Gasteiger partial charge in [-0.2, -0.15) is 16.7 Å². The Labute approximate surface area is 118 Å². The Kier molecular flexibility index (Phi) is 4.74. The van der Waals surface area contributed by atoms with Crippen LogP contribution in [0.25, 0.3) is 0 Å². The Balaban J connectivity index is 1.99. The molecule has 0 saturated heterocycles. The highest BCUT2D eigenvalue weighted by atomic mass is 32.2. The van der Waals surface area contributed by atoms with Gasteiger partial charge in [0.05, 0.1) is 6.61 Å². The summed E-state index contributed by atoms with van der Waals surface area (Å²) in [7, 11) is 0. The maximum Gasteiger partial charge on any atom is 0.242 e. The summed E-state index contributed by atoms with van der Waals surface area (Å²) in [6.45, 7) is 3.56. The second-order valence-electron chi connectivity index (χ2n) is 4.88. The van der Waals surface area contributed by atoms with Crippen molar-refractivity contribution in [3.05, 3.63) is 6.33 Å². The molecule has 1 aromatic rings. The minimum absolute atomic E-state index is 0.349. The van der Waals surface area contributed by atoms with Crippen LogP contribution in [-0.4, -0.2) is 34.1 Å². The van der Waals surface area contributed by atoms with Crippen LogP contribution in [0.3, 0.4) is 0 Å². The summed E-state index contributed by atoms with van der Waals surface area (Å²) in [6, 6.07) is 0. The fourth-order valence-corrected chi connectivity index (χ4v) is 3.02. The third kappa shape index (κ3) is 3.23. The smallest absolute Gasteiger partial charge is 0.242 e. The molecule has 2 rings (SSSR count). The molecule has 106 valence electrons. The van der Waals surface area contributed by atoms with Gasteiger partial charge in [0.2, 0.25) is 5.88 Å². The van der Waals surface area contributed by atoms with E-state index in [2.05, 4.69) is 28.5 Å². The Morgan fingerprint density at radius 3 is 2.84 bits per heavy atom. The Bertz CT molecular complexity index is 418. The van der Waals surface area contributed by atoms with Crippen molar-refractivity contribution in [2.24, 2.45) is 0 Å². The van der Waals surface area contributed by atoms with E-state index in [1.165, 1.54) is 25.6 Å². The first-order valence-electron chi connectivity index (χ1n) is 6.73. The number of nitrogens with one attached hydrogen (secondary N) is 1. The van der Waals surface area contributed by atoms with Gasteiger partial charge in [-0.3, -0.25) is 0 Å². The van der Waals surface area contributed by atoms with E-state index in [0.717, 1.165) is 13.0 Å². The minimum atomic E-state index is 0.349. The molecule has 0 aromatic carbocycles. The van der Waals surface area contributed by atoms with Crippen LogP contribution in [0.15, 0.2) is 6.33 Å². The molecule has 0 radical (unpaired) electrons. The maximum atomic E-state index is 6.04. The topological polar surface area (TPSA) is 73.1 Å². The molecule has 3 N–H and O–H groups in total. The lowest BCUT2D eigenvalue weighted by Crippen LogP contribution is -2.40. The van der Waals surface area contributed by atoms with Gasteiger partial charge in [0, 0.05) is 11.3 Å². The first kappa shape index (κ1) is 14.2. The van der Waals surface area contributed by atoms with Gasteiger partial charge in [-0.15, -0.1) is 0 Å². The number of hydrogen-bond donors (Lipinski definition) is 2. The fourth-order valence-electron chi connectivity index (χ4n) is 2.10. The van der Waals surface area contributed by atoms with Gasteiger partial charge in [-0.25, -0.2) is 4.98 Å². The minimum Gasteiger partial charge on any atom is -0.476 e. The molecule has 0 spiro atoms. The molecule has 0 unspecified atom stereocenters. The fraction of sp³-hybridized carbons (Fsp3) is 0.692. The van der Waals surface area contributed by atoms with Crippen molar-refractivity contribution in [2.75, 3.05) is 30.5 Å². The first-order valence-corrected chi connectivity index (χ1v) is 7.95. The molecule has 0 aliphatic heterocycles. The van der Waals surface area contributed by atoms with Crippen molar-refractivity contribution in [2.45, 2.75) is 37.4 Å². The lowest BCUT2D eigenvalue weighted by molar-refractivity contribution is 0.306. The van der Waals surface area contributed by atoms with Crippen LogP contribution in [0, 0.1) is 0 Å². The van der Waals surface area contributed by atoms with Gasteiger partial charge in [0.1, 0.15) is 12.0 Å². The largest absolute Gasteiger partial charge is 0.476 e. The van der Waals surface area contributed by atoms with E-state index in [0.29, 0.717) is 28.7 Å².